The van der Waals surface area contributed by atoms with Gasteiger partial charge in [0.15, 0.2) is 0 Å². The first-order chi connectivity index (χ1) is 3.95. The van der Waals surface area contributed by atoms with Crippen molar-refractivity contribution in [3.05, 3.63) is 0 Å². The summed E-state index contributed by atoms with van der Waals surface area (Å²) in [7, 11) is 0. The van der Waals surface area contributed by atoms with Gasteiger partial charge < -0.3 is 5.32 Å². The molecule has 2 atom stereocenters. The largest absolute Gasteiger partial charge is 0.312 e. The highest BCUT2D eigenvalue weighted by Gasteiger charge is 2.26. The van der Waals surface area contributed by atoms with Crippen molar-refractivity contribution in [2.75, 3.05) is 12.3 Å². The van der Waals surface area contributed by atoms with Crippen molar-refractivity contribution in [2.24, 2.45) is 0 Å². The van der Waals surface area contributed by atoms with E-state index in [2.05, 4.69) is 17.1 Å². The van der Waals surface area contributed by atoms with Crippen molar-refractivity contribution in [1.82, 2.24) is 5.32 Å². The molecule has 0 aliphatic carbocycles. The Labute approximate surface area is 55.7 Å². The lowest BCUT2D eigenvalue weighted by Gasteiger charge is -2.36. The molecule has 2 bridgehead atoms. The number of piperidine rings is 1. The van der Waals surface area contributed by atoms with Crippen LogP contribution in [0.15, 0.2) is 0 Å². The molecule has 3 aliphatic heterocycles. The number of thioether (sulfide) groups is 1. The zero-order valence-corrected chi connectivity index (χ0v) is 5.71. The molecule has 0 aromatic carbocycles. The van der Waals surface area contributed by atoms with Gasteiger partial charge in [0.1, 0.15) is 0 Å². The summed E-state index contributed by atoms with van der Waals surface area (Å²) >= 11 is 2.15. The van der Waals surface area contributed by atoms with Gasteiger partial charge in [-0.25, -0.2) is 0 Å². The highest BCUT2D eigenvalue weighted by atomic mass is 32.2. The zero-order chi connectivity index (χ0) is 5.40. The molecule has 2 unspecified atom stereocenters. The fraction of sp³-hybridized carbons (Fsp3) is 1.00. The summed E-state index contributed by atoms with van der Waals surface area (Å²) < 4.78 is 0. The van der Waals surface area contributed by atoms with Gasteiger partial charge in [-0.2, -0.15) is 11.8 Å². The predicted molar refractivity (Wildman–Crippen MR) is 39.4 cm³/mol. The lowest BCUT2D eigenvalue weighted by Crippen LogP contribution is -2.46. The van der Waals surface area contributed by atoms with Crippen molar-refractivity contribution in [3.8, 4) is 0 Å². The second-order valence-electron chi connectivity index (χ2n) is 2.64. The number of hydrogen-bond acceptors (Lipinski definition) is 2. The first-order valence-electron chi connectivity index (χ1n) is 3.30. The van der Waals surface area contributed by atoms with Crippen LogP contribution in [-0.2, 0) is 0 Å². The summed E-state index contributed by atoms with van der Waals surface area (Å²) in [5.41, 5.74) is 0. The molecule has 0 aromatic rings. The number of fused-ring (bicyclic) bond motifs is 3. The van der Waals surface area contributed by atoms with Gasteiger partial charge in [-0.15, -0.1) is 0 Å². The van der Waals surface area contributed by atoms with Gasteiger partial charge in [-0.05, 0) is 12.8 Å². The van der Waals surface area contributed by atoms with Crippen LogP contribution in [0.5, 0.6) is 0 Å². The second kappa shape index (κ2) is 1.92. The van der Waals surface area contributed by atoms with E-state index in [1.165, 1.54) is 25.1 Å². The Morgan fingerprint density at radius 1 is 1.50 bits per heavy atom. The standard InChI is InChI=1S/C6H11NS.H2/c1-2-6-3-7-5(1)4-8-6;/h5-7H,1-4H2;1H. The van der Waals surface area contributed by atoms with E-state index in [0.29, 0.717) is 0 Å². The summed E-state index contributed by atoms with van der Waals surface area (Å²) in [4.78, 5) is 0. The minimum absolute atomic E-state index is 0. The van der Waals surface area contributed by atoms with Gasteiger partial charge in [-0.3, -0.25) is 0 Å². The molecule has 3 rings (SSSR count). The molecule has 3 aliphatic rings. The minimum atomic E-state index is 0. The summed E-state index contributed by atoms with van der Waals surface area (Å²) in [5, 5.41) is 4.46. The molecule has 48 valence electrons. The van der Waals surface area contributed by atoms with Gasteiger partial charge in [0, 0.05) is 25.0 Å². The number of rotatable bonds is 0. The fourth-order valence-electron chi connectivity index (χ4n) is 1.43. The van der Waals surface area contributed by atoms with Crippen molar-refractivity contribution < 1.29 is 1.43 Å². The molecule has 0 radical (unpaired) electrons. The van der Waals surface area contributed by atoms with E-state index in [1.807, 2.05) is 0 Å². The van der Waals surface area contributed by atoms with Crippen LogP contribution in [-0.4, -0.2) is 23.6 Å². The van der Waals surface area contributed by atoms with E-state index >= 15 is 0 Å². The molecule has 0 spiro atoms. The average Bonchev–Trinajstić information content (AvgIpc) is 1.92. The Kier molecular flexibility index (Phi) is 1.23. The smallest absolute Gasteiger partial charge is 0.0173 e. The molecule has 8 heavy (non-hydrogen) atoms. The zero-order valence-electron chi connectivity index (χ0n) is 4.89. The Balaban J connectivity index is 0.000000405. The van der Waals surface area contributed by atoms with Crippen molar-refractivity contribution in [3.63, 3.8) is 0 Å². The summed E-state index contributed by atoms with van der Waals surface area (Å²) in [6.45, 7) is 1.27. The highest BCUT2D eigenvalue weighted by Crippen LogP contribution is 2.28. The third-order valence-corrected chi connectivity index (χ3v) is 3.47. The van der Waals surface area contributed by atoms with Gasteiger partial charge in [0.2, 0.25) is 0 Å². The second-order valence-corrected chi connectivity index (χ2v) is 3.97. The fourth-order valence-corrected chi connectivity index (χ4v) is 2.73. The summed E-state index contributed by atoms with van der Waals surface area (Å²) in [5.74, 6) is 1.37. The molecule has 0 saturated carbocycles. The molecule has 2 heteroatoms. The Hall–Kier alpha value is 0.310. The van der Waals surface area contributed by atoms with Crippen LogP contribution < -0.4 is 5.32 Å². The molecule has 1 N–H and O–H groups in total. The van der Waals surface area contributed by atoms with Gasteiger partial charge >= 0.3 is 0 Å². The van der Waals surface area contributed by atoms with Crippen LogP contribution in [0.4, 0.5) is 0 Å². The molecular weight excluding hydrogens is 118 g/mol. The van der Waals surface area contributed by atoms with Crippen LogP contribution in [0, 0.1) is 0 Å². The molecule has 3 saturated heterocycles. The molecule has 3 fully saturated rings. The lowest BCUT2D eigenvalue weighted by molar-refractivity contribution is 0.419. The van der Waals surface area contributed by atoms with Gasteiger partial charge in [-0.1, -0.05) is 0 Å². The minimum Gasteiger partial charge on any atom is -0.312 e. The van der Waals surface area contributed by atoms with E-state index in [-0.39, 0.29) is 1.43 Å². The van der Waals surface area contributed by atoms with E-state index in [9.17, 15) is 0 Å². The Bertz CT molecular complexity index is 68.0. The van der Waals surface area contributed by atoms with Crippen LogP contribution in [0.25, 0.3) is 0 Å². The maximum absolute atomic E-state index is 3.50. The SMILES string of the molecule is C1CC2CNC1CS2.[HH]. The van der Waals surface area contributed by atoms with Crippen molar-refractivity contribution in [2.45, 2.75) is 24.1 Å². The molecule has 3 heterocycles. The molecule has 1 nitrogen and oxygen atoms in total. The highest BCUT2D eigenvalue weighted by molar-refractivity contribution is 8.00. The van der Waals surface area contributed by atoms with E-state index in [1.54, 1.807) is 0 Å². The Morgan fingerprint density at radius 2 is 2.50 bits per heavy atom. The van der Waals surface area contributed by atoms with E-state index in [4.69, 9.17) is 0 Å². The first-order valence-corrected chi connectivity index (χ1v) is 4.35. The Morgan fingerprint density at radius 3 is 2.62 bits per heavy atom. The van der Waals surface area contributed by atoms with Crippen molar-refractivity contribution in [1.29, 1.82) is 0 Å². The van der Waals surface area contributed by atoms with Crippen LogP contribution >= 0.6 is 11.8 Å². The average molecular weight is 131 g/mol. The maximum atomic E-state index is 3.50. The van der Waals surface area contributed by atoms with E-state index < -0.39 is 0 Å². The summed E-state index contributed by atoms with van der Waals surface area (Å²) in [6, 6.07) is 0.866. The predicted octanol–water partition coefficient (Wildman–Crippen LogP) is 1.10. The molecule has 0 aromatic heterocycles. The van der Waals surface area contributed by atoms with Crippen LogP contribution in [0.3, 0.4) is 0 Å². The van der Waals surface area contributed by atoms with Gasteiger partial charge in [0.05, 0.1) is 0 Å². The van der Waals surface area contributed by atoms with Crippen molar-refractivity contribution >= 4 is 11.8 Å². The molecular formula is C6H13NS. The normalized spacial score (nSPS) is 45.0. The third-order valence-electron chi connectivity index (χ3n) is 2.00. The quantitative estimate of drug-likeness (QED) is 0.528. The number of nitrogens with one attached hydrogen (secondary N) is 1. The monoisotopic (exact) mass is 131 g/mol. The first kappa shape index (κ1) is 5.12. The number of hydrogen-bond donors (Lipinski definition) is 1. The van der Waals surface area contributed by atoms with Crippen LogP contribution in [0.1, 0.15) is 14.3 Å². The van der Waals surface area contributed by atoms with Gasteiger partial charge in [0.25, 0.3) is 0 Å². The lowest BCUT2D eigenvalue weighted by atomic mass is 10.1. The third kappa shape index (κ3) is 0.759. The summed E-state index contributed by atoms with van der Waals surface area (Å²) in [6.07, 6.45) is 2.89. The maximum Gasteiger partial charge on any atom is 0.0173 e. The topological polar surface area (TPSA) is 12.0 Å². The van der Waals surface area contributed by atoms with E-state index in [0.717, 1.165) is 11.3 Å². The molecule has 0 amide bonds. The van der Waals surface area contributed by atoms with Crippen LogP contribution in [0.2, 0.25) is 0 Å².